The number of benzene rings is 1. The molecule has 0 N–H and O–H groups in total. The number of carbonyl (C=O) groups is 1. The first-order chi connectivity index (χ1) is 19.7. The Balaban J connectivity index is 1.66. The zero-order valence-corrected chi connectivity index (χ0v) is 27.1. The Morgan fingerprint density at radius 2 is 0.825 bits per heavy atom. The van der Waals surface area contributed by atoms with Crippen LogP contribution in [0.15, 0.2) is 30.3 Å². The van der Waals surface area contributed by atoms with E-state index in [9.17, 15) is 4.79 Å². The molecule has 0 atom stereocenters. The van der Waals surface area contributed by atoms with E-state index in [0.717, 1.165) is 24.3 Å². The van der Waals surface area contributed by atoms with Crippen LogP contribution in [0.2, 0.25) is 0 Å². The number of ether oxygens (including phenoxy) is 1. The van der Waals surface area contributed by atoms with Gasteiger partial charge in [-0.05, 0) is 17.9 Å². The fraction of sp³-hybridized carbons (Fsp3) is 0.816. The molecular formula is C38H68O2. The third kappa shape index (κ3) is 26.9. The summed E-state index contributed by atoms with van der Waals surface area (Å²) >= 11 is 0. The number of rotatable bonds is 30. The van der Waals surface area contributed by atoms with Gasteiger partial charge in [-0.2, -0.15) is 0 Å². The van der Waals surface area contributed by atoms with E-state index < -0.39 is 0 Å². The molecule has 0 heterocycles. The van der Waals surface area contributed by atoms with Gasteiger partial charge in [-0.25, -0.2) is 0 Å². The first-order valence-corrected chi connectivity index (χ1v) is 17.9. The van der Waals surface area contributed by atoms with Gasteiger partial charge < -0.3 is 4.74 Å². The average Bonchev–Trinajstić information content (AvgIpc) is 2.96. The number of hydrogen-bond donors (Lipinski definition) is 0. The number of esters is 1. The smallest absolute Gasteiger partial charge is 0.306 e. The van der Waals surface area contributed by atoms with Gasteiger partial charge in [-0.3, -0.25) is 4.79 Å². The summed E-state index contributed by atoms with van der Waals surface area (Å²) in [5, 5.41) is 0. The van der Waals surface area contributed by atoms with Crippen LogP contribution in [0.25, 0.3) is 0 Å². The van der Waals surface area contributed by atoms with Crippen molar-refractivity contribution in [1.29, 1.82) is 0 Å². The van der Waals surface area contributed by atoms with Crippen molar-refractivity contribution in [2.24, 2.45) is 5.92 Å². The van der Waals surface area contributed by atoms with Crippen molar-refractivity contribution in [1.82, 2.24) is 0 Å². The van der Waals surface area contributed by atoms with Gasteiger partial charge in [0.15, 0.2) is 0 Å². The lowest BCUT2D eigenvalue weighted by atomic mass is 10.0. The van der Waals surface area contributed by atoms with E-state index >= 15 is 0 Å². The summed E-state index contributed by atoms with van der Waals surface area (Å²) < 4.78 is 5.35. The molecule has 0 aromatic heterocycles. The lowest BCUT2D eigenvalue weighted by Gasteiger charge is -2.05. The molecule has 0 spiro atoms. The normalized spacial score (nSPS) is 11.4. The van der Waals surface area contributed by atoms with Crippen molar-refractivity contribution >= 4 is 5.97 Å². The first-order valence-electron chi connectivity index (χ1n) is 17.9. The highest BCUT2D eigenvalue weighted by atomic mass is 16.5. The van der Waals surface area contributed by atoms with E-state index in [1.165, 1.54) is 154 Å². The van der Waals surface area contributed by atoms with Gasteiger partial charge in [0.05, 0.1) is 0 Å². The molecule has 1 rings (SSSR count). The van der Waals surface area contributed by atoms with Crippen LogP contribution in [0, 0.1) is 5.92 Å². The predicted octanol–water partition coefficient (Wildman–Crippen LogP) is 12.9. The monoisotopic (exact) mass is 557 g/mol. The Labute approximate surface area is 250 Å². The van der Waals surface area contributed by atoms with Crippen LogP contribution < -0.4 is 0 Å². The van der Waals surface area contributed by atoms with E-state index in [2.05, 4.69) is 13.8 Å². The summed E-state index contributed by atoms with van der Waals surface area (Å²) in [6.45, 7) is 5.08. The summed E-state index contributed by atoms with van der Waals surface area (Å²) in [4.78, 5) is 11.8. The van der Waals surface area contributed by atoms with Gasteiger partial charge in [0.25, 0.3) is 0 Å². The molecule has 1 aromatic rings. The molecule has 0 saturated heterocycles. The molecule has 0 aliphatic carbocycles. The van der Waals surface area contributed by atoms with E-state index in [1.807, 2.05) is 30.3 Å². The second-order valence-electron chi connectivity index (χ2n) is 12.9. The standard InChI is InChI=1S/C38H68O2/c1-36(2)31-27-24-22-20-18-16-14-12-10-8-6-4-3-5-7-9-11-13-15-17-19-21-23-25-30-34-38(39)40-35-37-32-28-26-29-33-37/h26,28-29,32-33,36H,3-25,27,30-31,34-35H2,1-2H3. The summed E-state index contributed by atoms with van der Waals surface area (Å²) in [5.74, 6) is 0.829. The Morgan fingerprint density at radius 1 is 0.500 bits per heavy atom. The highest BCUT2D eigenvalue weighted by Gasteiger charge is 2.03. The minimum Gasteiger partial charge on any atom is -0.461 e. The molecule has 0 unspecified atom stereocenters. The first kappa shape index (κ1) is 36.7. The van der Waals surface area contributed by atoms with Crippen molar-refractivity contribution in [3.8, 4) is 0 Å². The maximum absolute atomic E-state index is 11.8. The van der Waals surface area contributed by atoms with Crippen LogP contribution in [0.5, 0.6) is 0 Å². The second kappa shape index (κ2) is 29.2. The number of hydrogen-bond acceptors (Lipinski definition) is 2. The Kier molecular flexibility index (Phi) is 26.8. The van der Waals surface area contributed by atoms with Crippen molar-refractivity contribution in [2.75, 3.05) is 0 Å². The lowest BCUT2D eigenvalue weighted by Crippen LogP contribution is -2.04. The lowest BCUT2D eigenvalue weighted by molar-refractivity contribution is -0.145. The van der Waals surface area contributed by atoms with E-state index in [4.69, 9.17) is 4.74 Å². The fourth-order valence-corrected chi connectivity index (χ4v) is 5.70. The van der Waals surface area contributed by atoms with Crippen LogP contribution in [-0.4, -0.2) is 5.97 Å². The number of carbonyl (C=O) groups excluding carboxylic acids is 1. The maximum Gasteiger partial charge on any atom is 0.306 e. The molecule has 40 heavy (non-hydrogen) atoms. The van der Waals surface area contributed by atoms with Gasteiger partial charge in [0.2, 0.25) is 0 Å². The van der Waals surface area contributed by atoms with Gasteiger partial charge in [-0.15, -0.1) is 0 Å². The van der Waals surface area contributed by atoms with Gasteiger partial charge >= 0.3 is 5.97 Å². The Bertz CT molecular complexity index is 638. The van der Waals surface area contributed by atoms with E-state index in [0.29, 0.717) is 13.0 Å². The molecule has 0 saturated carbocycles. The molecule has 2 nitrogen and oxygen atoms in total. The molecule has 0 bridgehead atoms. The topological polar surface area (TPSA) is 26.3 Å². The molecular weight excluding hydrogens is 488 g/mol. The minimum atomic E-state index is -0.0572. The second-order valence-corrected chi connectivity index (χ2v) is 12.9. The van der Waals surface area contributed by atoms with Gasteiger partial charge in [0, 0.05) is 6.42 Å². The molecule has 1 aromatic carbocycles. The molecule has 0 radical (unpaired) electrons. The van der Waals surface area contributed by atoms with Gasteiger partial charge in [0.1, 0.15) is 6.61 Å². The zero-order valence-electron chi connectivity index (χ0n) is 27.1. The highest BCUT2D eigenvalue weighted by Crippen LogP contribution is 2.16. The van der Waals surface area contributed by atoms with Crippen molar-refractivity contribution in [2.45, 2.75) is 194 Å². The van der Waals surface area contributed by atoms with E-state index in [1.54, 1.807) is 0 Å². The molecule has 0 aliphatic rings. The number of unbranched alkanes of at least 4 members (excludes halogenated alkanes) is 24. The largest absolute Gasteiger partial charge is 0.461 e. The summed E-state index contributed by atoms with van der Waals surface area (Å²) in [5.41, 5.74) is 1.06. The van der Waals surface area contributed by atoms with Crippen LogP contribution in [0.3, 0.4) is 0 Å². The van der Waals surface area contributed by atoms with Crippen LogP contribution in [-0.2, 0) is 16.1 Å². The van der Waals surface area contributed by atoms with Crippen LogP contribution in [0.1, 0.15) is 193 Å². The SMILES string of the molecule is CC(C)CCCCCCCCCCCCCCCCCCCCCCCCCCCC(=O)OCc1ccccc1. The summed E-state index contributed by atoms with van der Waals surface area (Å²) in [6.07, 6.45) is 37.1. The average molecular weight is 557 g/mol. The van der Waals surface area contributed by atoms with Gasteiger partial charge in [-0.1, -0.05) is 205 Å². The van der Waals surface area contributed by atoms with Crippen LogP contribution in [0.4, 0.5) is 0 Å². The highest BCUT2D eigenvalue weighted by molar-refractivity contribution is 5.69. The summed E-state index contributed by atoms with van der Waals surface area (Å²) in [7, 11) is 0. The molecule has 0 amide bonds. The molecule has 232 valence electrons. The molecule has 2 heteroatoms. The Hall–Kier alpha value is -1.31. The van der Waals surface area contributed by atoms with E-state index in [-0.39, 0.29) is 5.97 Å². The Morgan fingerprint density at radius 3 is 1.18 bits per heavy atom. The third-order valence-corrected chi connectivity index (χ3v) is 8.41. The summed E-state index contributed by atoms with van der Waals surface area (Å²) in [6, 6.07) is 9.93. The predicted molar refractivity (Wildman–Crippen MR) is 176 cm³/mol. The minimum absolute atomic E-state index is 0.0572. The molecule has 0 aliphatic heterocycles. The van der Waals surface area contributed by atoms with Crippen LogP contribution >= 0.6 is 0 Å². The quantitative estimate of drug-likeness (QED) is 0.0695. The van der Waals surface area contributed by atoms with Crippen molar-refractivity contribution in [3.05, 3.63) is 35.9 Å². The fourth-order valence-electron chi connectivity index (χ4n) is 5.70. The molecule has 0 fully saturated rings. The third-order valence-electron chi connectivity index (χ3n) is 8.41. The maximum atomic E-state index is 11.8. The van der Waals surface area contributed by atoms with Crippen molar-refractivity contribution in [3.63, 3.8) is 0 Å². The zero-order chi connectivity index (χ0) is 28.8. The van der Waals surface area contributed by atoms with Crippen molar-refractivity contribution < 1.29 is 9.53 Å².